The van der Waals surface area contributed by atoms with E-state index in [1.165, 1.54) is 14.2 Å². The minimum absolute atomic E-state index is 0.0175. The molecule has 1 heterocycles. The number of methoxy groups -OCH3 is 2. The standard InChI is InChI=1S/C22H17ClN2O4/c1-28-14-10-11-18(29-2)16(12-14)24-20-19(23)21(26)25(22(20)27)17-9-5-7-13-6-3-4-8-15(13)17/h3-12,24H,1-2H3. The number of ether oxygens (including phenoxy) is 2. The number of nitrogens with one attached hydrogen (secondary N) is 1. The molecule has 29 heavy (non-hydrogen) atoms. The fraction of sp³-hybridized carbons (Fsp3) is 0.0909. The quantitative estimate of drug-likeness (QED) is 0.638. The number of fused-ring (bicyclic) bond motifs is 1. The Morgan fingerprint density at radius 2 is 1.66 bits per heavy atom. The zero-order valence-electron chi connectivity index (χ0n) is 15.7. The van der Waals surface area contributed by atoms with E-state index in [4.69, 9.17) is 21.1 Å². The molecule has 2 amide bonds. The summed E-state index contributed by atoms with van der Waals surface area (Å²) in [5, 5.41) is 4.45. The first-order chi connectivity index (χ1) is 14.0. The fourth-order valence-corrected chi connectivity index (χ4v) is 3.49. The van der Waals surface area contributed by atoms with Gasteiger partial charge in [-0.05, 0) is 23.6 Å². The summed E-state index contributed by atoms with van der Waals surface area (Å²) in [6.45, 7) is 0. The molecule has 3 aromatic rings. The highest BCUT2D eigenvalue weighted by Gasteiger charge is 2.39. The second-order valence-corrected chi connectivity index (χ2v) is 6.70. The molecule has 0 unspecified atom stereocenters. The van der Waals surface area contributed by atoms with Crippen molar-refractivity contribution in [3.63, 3.8) is 0 Å². The average molecular weight is 409 g/mol. The summed E-state index contributed by atoms with van der Waals surface area (Å²) in [5.74, 6) is -0.0852. The molecule has 0 radical (unpaired) electrons. The molecule has 0 spiro atoms. The summed E-state index contributed by atoms with van der Waals surface area (Å²) in [6.07, 6.45) is 0. The molecule has 0 saturated carbocycles. The topological polar surface area (TPSA) is 67.9 Å². The molecule has 1 aliphatic heterocycles. The zero-order valence-corrected chi connectivity index (χ0v) is 16.5. The lowest BCUT2D eigenvalue weighted by atomic mass is 10.1. The molecule has 1 N–H and O–H groups in total. The van der Waals surface area contributed by atoms with Crippen molar-refractivity contribution < 1.29 is 19.1 Å². The van der Waals surface area contributed by atoms with Crippen molar-refractivity contribution in [2.45, 2.75) is 0 Å². The van der Waals surface area contributed by atoms with Crippen molar-refractivity contribution in [1.82, 2.24) is 0 Å². The van der Waals surface area contributed by atoms with E-state index in [0.29, 0.717) is 22.9 Å². The molecule has 7 heteroatoms. The van der Waals surface area contributed by atoms with Crippen LogP contribution in [0.25, 0.3) is 10.8 Å². The Balaban J connectivity index is 1.74. The highest BCUT2D eigenvalue weighted by Crippen LogP contribution is 2.36. The third kappa shape index (κ3) is 3.17. The van der Waals surface area contributed by atoms with Gasteiger partial charge in [-0.15, -0.1) is 0 Å². The molecule has 4 rings (SSSR count). The first-order valence-electron chi connectivity index (χ1n) is 8.80. The van der Waals surface area contributed by atoms with Crippen LogP contribution in [0, 0.1) is 0 Å². The van der Waals surface area contributed by atoms with E-state index < -0.39 is 11.8 Å². The van der Waals surface area contributed by atoms with Crippen LogP contribution in [0.3, 0.4) is 0 Å². The van der Waals surface area contributed by atoms with Crippen LogP contribution < -0.4 is 19.7 Å². The monoisotopic (exact) mass is 408 g/mol. The number of anilines is 2. The van der Waals surface area contributed by atoms with Crippen molar-refractivity contribution in [2.24, 2.45) is 0 Å². The van der Waals surface area contributed by atoms with Crippen LogP contribution in [0.2, 0.25) is 0 Å². The molecule has 146 valence electrons. The van der Waals surface area contributed by atoms with Gasteiger partial charge in [0, 0.05) is 11.5 Å². The predicted molar refractivity (Wildman–Crippen MR) is 112 cm³/mol. The highest BCUT2D eigenvalue weighted by atomic mass is 35.5. The number of nitrogens with zero attached hydrogens (tertiary/aromatic N) is 1. The SMILES string of the molecule is COc1ccc(OC)c(NC2=C(Cl)C(=O)N(c3cccc4ccccc34)C2=O)c1. The van der Waals surface area contributed by atoms with Crippen molar-refractivity contribution >= 4 is 45.6 Å². The van der Waals surface area contributed by atoms with Crippen molar-refractivity contribution in [3.8, 4) is 11.5 Å². The van der Waals surface area contributed by atoms with Gasteiger partial charge in [0.1, 0.15) is 22.2 Å². The summed E-state index contributed by atoms with van der Waals surface area (Å²) in [6, 6.07) is 18.0. The summed E-state index contributed by atoms with van der Waals surface area (Å²) >= 11 is 6.27. The van der Waals surface area contributed by atoms with Gasteiger partial charge < -0.3 is 14.8 Å². The molecule has 0 aliphatic carbocycles. The van der Waals surface area contributed by atoms with Crippen LogP contribution >= 0.6 is 11.6 Å². The number of rotatable bonds is 5. The minimum atomic E-state index is -0.586. The smallest absolute Gasteiger partial charge is 0.283 e. The molecule has 1 aliphatic rings. The van der Waals surface area contributed by atoms with Crippen molar-refractivity contribution in [3.05, 3.63) is 71.4 Å². The van der Waals surface area contributed by atoms with Gasteiger partial charge in [0.15, 0.2) is 0 Å². The normalized spacial score (nSPS) is 14.0. The van der Waals surface area contributed by atoms with Crippen molar-refractivity contribution in [2.75, 3.05) is 24.4 Å². The molecule has 3 aromatic carbocycles. The Bertz CT molecular complexity index is 1170. The highest BCUT2D eigenvalue weighted by molar-refractivity contribution is 6.53. The Morgan fingerprint density at radius 1 is 0.897 bits per heavy atom. The lowest BCUT2D eigenvalue weighted by Gasteiger charge is -2.18. The molecule has 6 nitrogen and oxygen atoms in total. The first kappa shape index (κ1) is 18.8. The van der Waals surface area contributed by atoms with E-state index in [0.717, 1.165) is 15.7 Å². The molecule has 0 atom stereocenters. The number of halogens is 1. The molecule has 0 aromatic heterocycles. The zero-order chi connectivity index (χ0) is 20.5. The van der Waals surface area contributed by atoms with E-state index in [1.54, 1.807) is 30.3 Å². The molecular formula is C22H17ClN2O4. The van der Waals surface area contributed by atoms with Gasteiger partial charge in [0.05, 0.1) is 25.6 Å². The van der Waals surface area contributed by atoms with Gasteiger partial charge >= 0.3 is 0 Å². The summed E-state index contributed by atoms with van der Waals surface area (Å²) in [4.78, 5) is 27.1. The minimum Gasteiger partial charge on any atom is -0.497 e. The van der Waals surface area contributed by atoms with Gasteiger partial charge in [-0.25, -0.2) is 4.90 Å². The Hall–Kier alpha value is -3.51. The van der Waals surface area contributed by atoms with Crippen LogP contribution in [0.4, 0.5) is 11.4 Å². The number of carbonyl (C=O) groups is 2. The van der Waals surface area contributed by atoms with Gasteiger partial charge in [-0.3, -0.25) is 9.59 Å². The lowest BCUT2D eigenvalue weighted by molar-refractivity contribution is -0.120. The van der Waals surface area contributed by atoms with Gasteiger partial charge in [0.25, 0.3) is 11.8 Å². The number of carbonyl (C=O) groups excluding carboxylic acids is 2. The molecule has 0 saturated heterocycles. The average Bonchev–Trinajstić information content (AvgIpc) is 2.96. The molecule has 0 bridgehead atoms. The van der Waals surface area contributed by atoms with E-state index in [2.05, 4.69) is 5.32 Å². The lowest BCUT2D eigenvalue weighted by Crippen LogP contribution is -2.32. The number of hydrogen-bond acceptors (Lipinski definition) is 5. The fourth-order valence-electron chi connectivity index (χ4n) is 3.28. The van der Waals surface area contributed by atoms with Gasteiger partial charge in [0.2, 0.25) is 0 Å². The second-order valence-electron chi connectivity index (χ2n) is 6.32. The van der Waals surface area contributed by atoms with Crippen LogP contribution in [0.5, 0.6) is 11.5 Å². The summed E-state index contributed by atoms with van der Waals surface area (Å²) < 4.78 is 10.6. The Kier molecular flexibility index (Phi) is 4.86. The van der Waals surface area contributed by atoms with Crippen LogP contribution in [0.15, 0.2) is 71.4 Å². The van der Waals surface area contributed by atoms with Gasteiger partial charge in [-0.2, -0.15) is 0 Å². The summed E-state index contributed by atoms with van der Waals surface area (Å²) in [5.41, 5.74) is 0.919. The first-order valence-corrected chi connectivity index (χ1v) is 9.18. The maximum Gasteiger partial charge on any atom is 0.283 e. The van der Waals surface area contributed by atoms with Gasteiger partial charge in [-0.1, -0.05) is 48.0 Å². The maximum absolute atomic E-state index is 13.2. The summed E-state index contributed by atoms with van der Waals surface area (Å²) in [7, 11) is 3.04. The number of benzene rings is 3. The van der Waals surface area contributed by atoms with E-state index in [1.807, 2.05) is 30.3 Å². The van der Waals surface area contributed by atoms with E-state index in [9.17, 15) is 9.59 Å². The largest absolute Gasteiger partial charge is 0.497 e. The third-order valence-electron chi connectivity index (χ3n) is 4.70. The number of hydrogen-bond donors (Lipinski definition) is 1. The Labute approximate surface area is 172 Å². The third-order valence-corrected chi connectivity index (χ3v) is 5.05. The maximum atomic E-state index is 13.2. The molecular weight excluding hydrogens is 392 g/mol. The second kappa shape index (κ2) is 7.48. The number of amides is 2. The van der Waals surface area contributed by atoms with Crippen LogP contribution in [-0.4, -0.2) is 26.0 Å². The van der Waals surface area contributed by atoms with Crippen molar-refractivity contribution in [1.29, 1.82) is 0 Å². The van der Waals surface area contributed by atoms with E-state index in [-0.39, 0.29) is 10.7 Å². The predicted octanol–water partition coefficient (Wildman–Crippen LogP) is 4.29. The van der Waals surface area contributed by atoms with Crippen LogP contribution in [-0.2, 0) is 9.59 Å². The number of imide groups is 1. The Morgan fingerprint density at radius 3 is 2.41 bits per heavy atom. The van der Waals surface area contributed by atoms with E-state index >= 15 is 0 Å². The van der Waals surface area contributed by atoms with Crippen LogP contribution in [0.1, 0.15) is 0 Å². The molecule has 0 fully saturated rings.